The third-order valence-electron chi connectivity index (χ3n) is 3.40. The van der Waals surface area contributed by atoms with Gasteiger partial charge in [-0.2, -0.15) is 0 Å². The van der Waals surface area contributed by atoms with Crippen LogP contribution >= 0.6 is 0 Å². The molecule has 0 unspecified atom stereocenters. The summed E-state index contributed by atoms with van der Waals surface area (Å²) < 4.78 is 11.4. The molecule has 0 spiro atoms. The summed E-state index contributed by atoms with van der Waals surface area (Å²) >= 11 is 0. The molecule has 0 saturated carbocycles. The van der Waals surface area contributed by atoms with Gasteiger partial charge in [-0.05, 0) is 40.5 Å². The van der Waals surface area contributed by atoms with Crippen molar-refractivity contribution in [3.8, 4) is 0 Å². The van der Waals surface area contributed by atoms with Gasteiger partial charge in [0.15, 0.2) is 5.96 Å². The number of carbonyl (C=O) groups excluding carboxylic acids is 1. The van der Waals surface area contributed by atoms with Crippen LogP contribution in [0.5, 0.6) is 0 Å². The summed E-state index contributed by atoms with van der Waals surface area (Å²) in [4.78, 5) is 15.3. The second-order valence-corrected chi connectivity index (χ2v) is 6.81. The molecule has 0 aromatic rings. The summed E-state index contributed by atoms with van der Waals surface area (Å²) in [5.41, 5.74) is 9.92. The molecule has 0 radical (unpaired) electrons. The van der Waals surface area contributed by atoms with Crippen LogP contribution < -0.4 is 16.8 Å². The molecule has 0 aliphatic rings. The number of nitrogens with one attached hydrogen (secondary N) is 1. The Balaban J connectivity index is 3.90. The van der Waals surface area contributed by atoms with Crippen LogP contribution in [0.4, 0.5) is 0 Å². The average molecular weight is 330 g/mol. The summed E-state index contributed by atoms with van der Waals surface area (Å²) in [7, 11) is 0. The maximum Gasteiger partial charge on any atom is 0.220 e. The summed E-state index contributed by atoms with van der Waals surface area (Å²) in [5, 5.41) is 2.99. The first-order chi connectivity index (χ1) is 10.6. The fraction of sp³-hybridized carbons (Fsp3) is 0.875. The molecular weight excluding hydrogens is 296 g/mol. The predicted molar refractivity (Wildman–Crippen MR) is 93.3 cm³/mol. The topological polar surface area (TPSA) is 112 Å². The third-order valence-corrected chi connectivity index (χ3v) is 3.40. The molecule has 0 rings (SSSR count). The van der Waals surface area contributed by atoms with Crippen molar-refractivity contribution in [2.75, 3.05) is 26.4 Å². The maximum atomic E-state index is 11.5. The molecule has 5 N–H and O–H groups in total. The van der Waals surface area contributed by atoms with Crippen molar-refractivity contribution in [1.29, 1.82) is 0 Å². The number of ether oxygens (including phenoxy) is 2. The lowest BCUT2D eigenvalue weighted by molar-refractivity contribution is -0.122. The molecule has 0 atom stereocenters. The first-order valence-corrected chi connectivity index (χ1v) is 8.16. The van der Waals surface area contributed by atoms with Crippen molar-refractivity contribution >= 4 is 11.9 Å². The van der Waals surface area contributed by atoms with E-state index in [1.807, 2.05) is 34.6 Å². The van der Waals surface area contributed by atoms with E-state index in [1.165, 1.54) is 0 Å². The highest BCUT2D eigenvalue weighted by molar-refractivity contribution is 5.76. The van der Waals surface area contributed by atoms with E-state index in [-0.39, 0.29) is 23.0 Å². The molecule has 0 aromatic heterocycles. The monoisotopic (exact) mass is 330 g/mol. The van der Waals surface area contributed by atoms with Gasteiger partial charge in [0.2, 0.25) is 5.91 Å². The van der Waals surface area contributed by atoms with E-state index in [2.05, 4.69) is 10.3 Å². The van der Waals surface area contributed by atoms with Crippen LogP contribution in [0.2, 0.25) is 0 Å². The minimum absolute atomic E-state index is 0.0587. The zero-order valence-corrected chi connectivity index (χ0v) is 15.3. The number of amides is 1. The molecule has 0 aliphatic heterocycles. The average Bonchev–Trinajstić information content (AvgIpc) is 2.41. The largest absolute Gasteiger partial charge is 0.379 e. The Morgan fingerprint density at radius 3 is 2.30 bits per heavy atom. The molecule has 0 fully saturated rings. The van der Waals surface area contributed by atoms with E-state index in [4.69, 9.17) is 20.9 Å². The SMILES string of the molecule is CCC(=O)NC(C)(C)CCOC(C)(C)CCOCCN=C(N)N. The summed E-state index contributed by atoms with van der Waals surface area (Å²) in [5.74, 6) is 0.137. The number of guanidine groups is 1. The molecule has 0 heterocycles. The Morgan fingerprint density at radius 1 is 1.09 bits per heavy atom. The summed E-state index contributed by atoms with van der Waals surface area (Å²) in [6.07, 6.45) is 2.02. The first-order valence-electron chi connectivity index (χ1n) is 8.16. The second-order valence-electron chi connectivity index (χ2n) is 6.81. The minimum atomic E-state index is -0.277. The summed E-state index contributed by atoms with van der Waals surface area (Å²) in [6.45, 7) is 12.0. The van der Waals surface area contributed by atoms with Crippen LogP contribution in [0.25, 0.3) is 0 Å². The fourth-order valence-electron chi connectivity index (χ4n) is 1.84. The van der Waals surface area contributed by atoms with Crippen molar-refractivity contribution in [3.63, 3.8) is 0 Å². The van der Waals surface area contributed by atoms with Gasteiger partial charge in [-0.25, -0.2) is 0 Å². The number of carbonyl (C=O) groups is 1. The minimum Gasteiger partial charge on any atom is -0.379 e. The third kappa shape index (κ3) is 12.9. The Morgan fingerprint density at radius 2 is 1.74 bits per heavy atom. The molecule has 0 saturated heterocycles. The van der Waals surface area contributed by atoms with Crippen molar-refractivity contribution < 1.29 is 14.3 Å². The van der Waals surface area contributed by atoms with Gasteiger partial charge in [0.1, 0.15) is 0 Å². The van der Waals surface area contributed by atoms with Crippen LogP contribution in [-0.2, 0) is 14.3 Å². The Labute approximate surface area is 140 Å². The number of hydrogen-bond acceptors (Lipinski definition) is 4. The highest BCUT2D eigenvalue weighted by Crippen LogP contribution is 2.17. The molecule has 1 amide bonds. The molecule has 0 aliphatic carbocycles. The lowest BCUT2D eigenvalue weighted by Gasteiger charge is -2.30. The normalized spacial score (nSPS) is 12.0. The van der Waals surface area contributed by atoms with Crippen LogP contribution in [0.15, 0.2) is 4.99 Å². The fourth-order valence-corrected chi connectivity index (χ4v) is 1.84. The highest BCUT2D eigenvalue weighted by atomic mass is 16.5. The van der Waals surface area contributed by atoms with Gasteiger partial charge in [-0.15, -0.1) is 0 Å². The van der Waals surface area contributed by atoms with Gasteiger partial charge in [-0.1, -0.05) is 6.92 Å². The van der Waals surface area contributed by atoms with Gasteiger partial charge < -0.3 is 26.3 Å². The number of aliphatic imine (C=N–C) groups is 1. The lowest BCUT2D eigenvalue weighted by Crippen LogP contribution is -2.44. The van der Waals surface area contributed by atoms with Crippen LogP contribution in [0.3, 0.4) is 0 Å². The van der Waals surface area contributed by atoms with Gasteiger partial charge in [0, 0.05) is 25.2 Å². The molecule has 136 valence electrons. The zero-order valence-electron chi connectivity index (χ0n) is 15.3. The van der Waals surface area contributed by atoms with Crippen molar-refractivity contribution in [2.45, 2.75) is 65.0 Å². The smallest absolute Gasteiger partial charge is 0.220 e. The number of nitrogens with zero attached hydrogens (tertiary/aromatic N) is 1. The number of rotatable bonds is 12. The molecule has 0 bridgehead atoms. The lowest BCUT2D eigenvalue weighted by atomic mass is 10.0. The highest BCUT2D eigenvalue weighted by Gasteiger charge is 2.23. The van der Waals surface area contributed by atoms with E-state index in [0.29, 0.717) is 32.8 Å². The molecular formula is C16H34N4O3. The standard InChI is InChI=1S/C16H34N4O3/c1-6-13(21)20-15(2,3)7-11-23-16(4,5)8-10-22-12-9-19-14(17)18/h6-12H2,1-5H3,(H,20,21)(H4,17,18,19). The van der Waals surface area contributed by atoms with Gasteiger partial charge in [0.25, 0.3) is 0 Å². The van der Waals surface area contributed by atoms with Gasteiger partial charge >= 0.3 is 0 Å². The maximum absolute atomic E-state index is 11.5. The van der Waals surface area contributed by atoms with Crippen LogP contribution in [-0.4, -0.2) is 49.4 Å². The quantitative estimate of drug-likeness (QED) is 0.282. The van der Waals surface area contributed by atoms with Crippen molar-refractivity contribution in [3.05, 3.63) is 0 Å². The van der Waals surface area contributed by atoms with Crippen molar-refractivity contribution in [1.82, 2.24) is 5.32 Å². The Kier molecular flexibility index (Phi) is 9.83. The van der Waals surface area contributed by atoms with E-state index >= 15 is 0 Å². The Bertz CT molecular complexity index is 378. The first kappa shape index (κ1) is 21.7. The van der Waals surface area contributed by atoms with E-state index in [1.54, 1.807) is 0 Å². The van der Waals surface area contributed by atoms with E-state index in [0.717, 1.165) is 12.8 Å². The zero-order chi connectivity index (χ0) is 17.9. The number of hydrogen-bond donors (Lipinski definition) is 3. The summed E-state index contributed by atoms with van der Waals surface area (Å²) in [6, 6.07) is 0. The Hall–Kier alpha value is -1.34. The molecule has 0 aromatic carbocycles. The molecule has 23 heavy (non-hydrogen) atoms. The van der Waals surface area contributed by atoms with Crippen molar-refractivity contribution in [2.24, 2.45) is 16.5 Å². The van der Waals surface area contributed by atoms with Crippen LogP contribution in [0, 0.1) is 0 Å². The molecule has 7 heteroatoms. The van der Waals surface area contributed by atoms with Gasteiger partial charge in [-0.3, -0.25) is 9.79 Å². The van der Waals surface area contributed by atoms with Gasteiger partial charge in [0.05, 0.1) is 18.8 Å². The molecule has 7 nitrogen and oxygen atoms in total. The number of nitrogens with two attached hydrogens (primary N) is 2. The predicted octanol–water partition coefficient (Wildman–Crippen LogP) is 1.16. The van der Waals surface area contributed by atoms with E-state index < -0.39 is 0 Å². The van der Waals surface area contributed by atoms with E-state index in [9.17, 15) is 4.79 Å². The second kappa shape index (κ2) is 10.4. The van der Waals surface area contributed by atoms with Crippen LogP contribution in [0.1, 0.15) is 53.9 Å².